The molecule has 2 aliphatic rings. The lowest BCUT2D eigenvalue weighted by atomic mass is 10.2. The molecule has 3 aromatic heterocycles. The van der Waals surface area contributed by atoms with Crippen LogP contribution in [-0.2, 0) is 6.54 Å². The van der Waals surface area contributed by atoms with E-state index in [0.717, 1.165) is 54.7 Å². The topological polar surface area (TPSA) is 63.0 Å². The van der Waals surface area contributed by atoms with Gasteiger partial charge in [0.05, 0.1) is 17.0 Å². The van der Waals surface area contributed by atoms with Crippen molar-refractivity contribution in [1.29, 1.82) is 0 Å². The van der Waals surface area contributed by atoms with Crippen molar-refractivity contribution in [3.05, 3.63) is 28.2 Å². The standard InChI is InChI=1S/C18H23N7S/c1-12-15(26-13(2)22-12)9-23-5-7-24(8-6-23)17-16-18(20-10-19-17)25(11-21-16)14-3-4-14/h10-11,14H,3-9H2,1-2H3. The maximum Gasteiger partial charge on any atom is 0.165 e. The molecule has 0 spiro atoms. The predicted molar refractivity (Wildman–Crippen MR) is 103 cm³/mol. The molecule has 0 unspecified atom stereocenters. The number of hydrogen-bond donors (Lipinski definition) is 0. The Labute approximate surface area is 156 Å². The fraction of sp³-hybridized carbons (Fsp3) is 0.556. The van der Waals surface area contributed by atoms with Crippen LogP contribution < -0.4 is 4.90 Å². The zero-order valence-corrected chi connectivity index (χ0v) is 16.0. The van der Waals surface area contributed by atoms with Gasteiger partial charge in [0.15, 0.2) is 17.0 Å². The van der Waals surface area contributed by atoms with E-state index in [0.29, 0.717) is 6.04 Å². The van der Waals surface area contributed by atoms with Crippen LogP contribution in [0.15, 0.2) is 12.7 Å². The highest BCUT2D eigenvalue weighted by atomic mass is 32.1. The number of imidazole rings is 1. The molecule has 1 saturated carbocycles. The van der Waals surface area contributed by atoms with E-state index in [4.69, 9.17) is 0 Å². The minimum atomic E-state index is 0.589. The van der Waals surface area contributed by atoms with E-state index in [2.05, 4.69) is 48.2 Å². The lowest BCUT2D eigenvalue weighted by Crippen LogP contribution is -2.46. The summed E-state index contributed by atoms with van der Waals surface area (Å²) in [5.74, 6) is 0.985. The van der Waals surface area contributed by atoms with Crippen LogP contribution in [0.3, 0.4) is 0 Å². The number of aromatic nitrogens is 5. The molecule has 26 heavy (non-hydrogen) atoms. The average Bonchev–Trinajstić information content (AvgIpc) is 3.31. The summed E-state index contributed by atoms with van der Waals surface area (Å²) in [4.78, 5) is 24.5. The predicted octanol–water partition coefficient (Wildman–Crippen LogP) is 2.56. The van der Waals surface area contributed by atoms with Gasteiger partial charge >= 0.3 is 0 Å². The van der Waals surface area contributed by atoms with Crippen molar-refractivity contribution in [2.75, 3.05) is 31.1 Å². The first-order valence-electron chi connectivity index (χ1n) is 9.27. The SMILES string of the molecule is Cc1nc(C)c(CN2CCN(c3ncnc4c3ncn4C3CC3)CC2)s1. The number of nitrogens with zero attached hydrogens (tertiary/aromatic N) is 7. The molecule has 1 aliphatic carbocycles. The van der Waals surface area contributed by atoms with E-state index in [-0.39, 0.29) is 0 Å². The van der Waals surface area contributed by atoms with E-state index in [1.807, 2.05) is 17.7 Å². The third-order valence-electron chi connectivity index (χ3n) is 5.32. The summed E-state index contributed by atoms with van der Waals surface area (Å²) in [7, 11) is 0. The summed E-state index contributed by atoms with van der Waals surface area (Å²) < 4.78 is 2.21. The van der Waals surface area contributed by atoms with Crippen molar-refractivity contribution in [2.45, 2.75) is 39.3 Å². The molecule has 1 saturated heterocycles. The molecule has 8 heteroatoms. The summed E-state index contributed by atoms with van der Waals surface area (Å²) >= 11 is 1.82. The second-order valence-corrected chi connectivity index (χ2v) is 8.54. The molecule has 4 heterocycles. The molecule has 0 amide bonds. The first kappa shape index (κ1) is 16.1. The average molecular weight is 369 g/mol. The largest absolute Gasteiger partial charge is 0.352 e. The number of hydrogen-bond acceptors (Lipinski definition) is 7. The van der Waals surface area contributed by atoms with Crippen LogP contribution >= 0.6 is 11.3 Å². The lowest BCUT2D eigenvalue weighted by Gasteiger charge is -2.35. The van der Waals surface area contributed by atoms with Crippen LogP contribution in [0.2, 0.25) is 0 Å². The van der Waals surface area contributed by atoms with Crippen LogP contribution in [0, 0.1) is 13.8 Å². The molecule has 0 bridgehead atoms. The zero-order chi connectivity index (χ0) is 17.7. The molecule has 0 radical (unpaired) electrons. The van der Waals surface area contributed by atoms with E-state index >= 15 is 0 Å². The van der Waals surface area contributed by atoms with Crippen LogP contribution in [0.4, 0.5) is 5.82 Å². The van der Waals surface area contributed by atoms with Crippen LogP contribution in [0.1, 0.15) is 34.5 Å². The normalized spacial score (nSPS) is 18.8. The molecule has 5 rings (SSSR count). The summed E-state index contributed by atoms with van der Waals surface area (Å²) in [5.41, 5.74) is 3.11. The minimum absolute atomic E-state index is 0.589. The third kappa shape index (κ3) is 2.87. The van der Waals surface area contributed by atoms with Crippen LogP contribution in [-0.4, -0.2) is 55.6 Å². The van der Waals surface area contributed by atoms with Crippen molar-refractivity contribution in [3.8, 4) is 0 Å². The summed E-state index contributed by atoms with van der Waals surface area (Å²) in [6.45, 7) is 9.21. The number of aryl methyl sites for hydroxylation is 2. The molecule has 0 atom stereocenters. The van der Waals surface area contributed by atoms with E-state index in [1.54, 1.807) is 6.33 Å². The summed E-state index contributed by atoms with van der Waals surface area (Å²) in [6, 6.07) is 0.589. The Kier molecular flexibility index (Phi) is 3.90. The van der Waals surface area contributed by atoms with Crippen molar-refractivity contribution in [3.63, 3.8) is 0 Å². The van der Waals surface area contributed by atoms with Gasteiger partial charge in [-0.25, -0.2) is 19.9 Å². The van der Waals surface area contributed by atoms with Gasteiger partial charge in [-0.2, -0.15) is 0 Å². The maximum absolute atomic E-state index is 4.63. The highest BCUT2D eigenvalue weighted by Crippen LogP contribution is 2.37. The molecule has 136 valence electrons. The van der Waals surface area contributed by atoms with Crippen LogP contribution in [0.25, 0.3) is 11.2 Å². The second-order valence-electron chi connectivity index (χ2n) is 7.26. The molecule has 0 N–H and O–H groups in total. The fourth-order valence-electron chi connectivity index (χ4n) is 3.73. The van der Waals surface area contributed by atoms with E-state index in [1.165, 1.54) is 23.4 Å². The molecular weight excluding hydrogens is 346 g/mol. The number of piperazine rings is 1. The first-order valence-corrected chi connectivity index (χ1v) is 10.1. The summed E-state index contributed by atoms with van der Waals surface area (Å²) in [5, 5.41) is 1.16. The molecule has 3 aromatic rings. The fourth-order valence-corrected chi connectivity index (χ4v) is 4.71. The zero-order valence-electron chi connectivity index (χ0n) is 15.2. The van der Waals surface area contributed by atoms with Crippen molar-refractivity contribution < 1.29 is 0 Å². The molecule has 1 aliphatic heterocycles. The number of fused-ring (bicyclic) bond motifs is 1. The first-order chi connectivity index (χ1) is 12.7. The Morgan fingerprint density at radius 1 is 1.08 bits per heavy atom. The number of thiazole rings is 1. The van der Waals surface area contributed by atoms with Crippen molar-refractivity contribution >= 4 is 28.3 Å². The van der Waals surface area contributed by atoms with E-state index < -0.39 is 0 Å². The Hall–Kier alpha value is -2.06. The van der Waals surface area contributed by atoms with Gasteiger partial charge in [0.25, 0.3) is 0 Å². The van der Waals surface area contributed by atoms with Gasteiger partial charge in [0.1, 0.15) is 6.33 Å². The number of anilines is 1. The van der Waals surface area contributed by atoms with Crippen LogP contribution in [0.5, 0.6) is 0 Å². The smallest absolute Gasteiger partial charge is 0.165 e. The molecule has 7 nitrogen and oxygen atoms in total. The Bertz CT molecular complexity index is 934. The second kappa shape index (κ2) is 6.28. The Morgan fingerprint density at radius 2 is 1.88 bits per heavy atom. The molecular formula is C18H23N7S. The van der Waals surface area contributed by atoms with Gasteiger partial charge in [0.2, 0.25) is 0 Å². The van der Waals surface area contributed by atoms with Gasteiger partial charge in [0, 0.05) is 43.6 Å². The molecule has 0 aromatic carbocycles. The minimum Gasteiger partial charge on any atom is -0.352 e. The Balaban J connectivity index is 1.31. The van der Waals surface area contributed by atoms with Crippen molar-refractivity contribution in [2.24, 2.45) is 0 Å². The highest BCUT2D eigenvalue weighted by molar-refractivity contribution is 7.11. The lowest BCUT2D eigenvalue weighted by molar-refractivity contribution is 0.251. The van der Waals surface area contributed by atoms with Gasteiger partial charge in [-0.05, 0) is 26.7 Å². The van der Waals surface area contributed by atoms with Crippen molar-refractivity contribution in [1.82, 2.24) is 29.4 Å². The van der Waals surface area contributed by atoms with E-state index in [9.17, 15) is 0 Å². The van der Waals surface area contributed by atoms with Gasteiger partial charge < -0.3 is 9.47 Å². The third-order valence-corrected chi connectivity index (χ3v) is 6.38. The van der Waals surface area contributed by atoms with Gasteiger partial charge in [-0.3, -0.25) is 4.90 Å². The molecule has 2 fully saturated rings. The maximum atomic E-state index is 4.63. The highest BCUT2D eigenvalue weighted by Gasteiger charge is 2.28. The van der Waals surface area contributed by atoms with Gasteiger partial charge in [-0.1, -0.05) is 0 Å². The summed E-state index contributed by atoms with van der Waals surface area (Å²) in [6.07, 6.45) is 6.10. The number of rotatable bonds is 4. The monoisotopic (exact) mass is 369 g/mol. The van der Waals surface area contributed by atoms with Gasteiger partial charge in [-0.15, -0.1) is 11.3 Å². The quantitative estimate of drug-likeness (QED) is 0.704. The Morgan fingerprint density at radius 3 is 2.58 bits per heavy atom.